The van der Waals surface area contributed by atoms with Crippen LogP contribution >= 0.6 is 0 Å². The maximum Gasteiger partial charge on any atom is 0.251 e. The lowest BCUT2D eigenvalue weighted by Crippen LogP contribution is -2.60. The monoisotopic (exact) mass is 463 g/mol. The minimum absolute atomic E-state index is 0.115. The van der Waals surface area contributed by atoms with Crippen LogP contribution in [0.4, 0.5) is 0 Å². The highest BCUT2D eigenvalue weighted by molar-refractivity contribution is 7.89. The topological polar surface area (TPSA) is 95.6 Å². The summed E-state index contributed by atoms with van der Waals surface area (Å²) in [5, 5.41) is 7.89. The Hall–Kier alpha value is -3.49. The van der Waals surface area contributed by atoms with Gasteiger partial charge >= 0.3 is 0 Å². The zero-order valence-electron chi connectivity index (χ0n) is 18.0. The van der Waals surface area contributed by atoms with Gasteiger partial charge in [0.15, 0.2) is 0 Å². The van der Waals surface area contributed by atoms with Crippen molar-refractivity contribution in [3.63, 3.8) is 0 Å². The van der Waals surface area contributed by atoms with Crippen molar-refractivity contribution in [2.45, 2.75) is 17.4 Å². The van der Waals surface area contributed by atoms with E-state index in [-0.39, 0.29) is 35.8 Å². The van der Waals surface area contributed by atoms with E-state index in [4.69, 9.17) is 0 Å². The highest BCUT2D eigenvalue weighted by atomic mass is 32.2. The molecule has 3 aromatic rings. The normalized spacial score (nSPS) is 14.4. The van der Waals surface area contributed by atoms with Gasteiger partial charge in [-0.05, 0) is 53.1 Å². The first-order valence-corrected chi connectivity index (χ1v) is 12.1. The molecule has 0 saturated carbocycles. The summed E-state index contributed by atoms with van der Waals surface area (Å²) in [7, 11) is -3.67. The van der Waals surface area contributed by atoms with Gasteiger partial charge < -0.3 is 10.6 Å². The van der Waals surface area contributed by atoms with Crippen molar-refractivity contribution in [1.82, 2.24) is 14.9 Å². The molecule has 170 valence electrons. The molecule has 1 heterocycles. The standard InChI is InChI=1S/C25H25N3O4S/c1-2-24(29)27-22-16-28(17-22)33(31,32)23-11-9-20(10-12-23)25(30)26-14-13-18-7-8-19-5-3-4-6-21(19)15-18/h2-12,15,22H,1,13-14,16-17H2,(H,26,30)(H,27,29). The van der Waals surface area contributed by atoms with E-state index >= 15 is 0 Å². The molecule has 0 spiro atoms. The van der Waals surface area contributed by atoms with Gasteiger partial charge in [0.2, 0.25) is 15.9 Å². The van der Waals surface area contributed by atoms with E-state index in [1.165, 1.54) is 34.0 Å². The highest BCUT2D eigenvalue weighted by Gasteiger charge is 2.37. The SMILES string of the molecule is C=CC(=O)NC1CN(S(=O)(=O)c2ccc(C(=O)NCCc3ccc4ccccc4c3)cc2)C1. The van der Waals surface area contributed by atoms with Gasteiger partial charge in [-0.1, -0.05) is 49.0 Å². The molecule has 8 heteroatoms. The van der Waals surface area contributed by atoms with E-state index < -0.39 is 10.0 Å². The smallest absolute Gasteiger partial charge is 0.251 e. The molecule has 0 aliphatic carbocycles. The van der Waals surface area contributed by atoms with E-state index in [2.05, 4.69) is 47.5 Å². The summed E-state index contributed by atoms with van der Waals surface area (Å²) >= 11 is 0. The molecule has 3 aromatic carbocycles. The highest BCUT2D eigenvalue weighted by Crippen LogP contribution is 2.22. The van der Waals surface area contributed by atoms with E-state index in [9.17, 15) is 18.0 Å². The van der Waals surface area contributed by atoms with Gasteiger partial charge in [-0.2, -0.15) is 4.31 Å². The third-order valence-corrected chi connectivity index (χ3v) is 7.49. The molecule has 33 heavy (non-hydrogen) atoms. The summed E-state index contributed by atoms with van der Waals surface area (Å²) in [5.41, 5.74) is 1.53. The van der Waals surface area contributed by atoms with Crippen molar-refractivity contribution in [2.75, 3.05) is 19.6 Å². The van der Waals surface area contributed by atoms with Crippen LogP contribution in [0, 0.1) is 0 Å². The molecule has 1 aliphatic heterocycles. The summed E-state index contributed by atoms with van der Waals surface area (Å²) in [6.45, 7) is 4.27. The number of fused-ring (bicyclic) bond motifs is 1. The van der Waals surface area contributed by atoms with E-state index in [1.54, 1.807) is 0 Å². The van der Waals surface area contributed by atoms with Crippen LogP contribution in [0.1, 0.15) is 15.9 Å². The Labute approximate surface area is 193 Å². The van der Waals surface area contributed by atoms with Crippen molar-refractivity contribution in [3.8, 4) is 0 Å². The fourth-order valence-corrected chi connectivity index (χ4v) is 5.26. The van der Waals surface area contributed by atoms with Crippen LogP contribution in [0.15, 0.2) is 84.3 Å². The first kappa shape index (κ1) is 22.7. The Kier molecular flexibility index (Phi) is 6.57. The zero-order chi connectivity index (χ0) is 23.4. The second kappa shape index (κ2) is 9.56. The van der Waals surface area contributed by atoms with E-state index in [0.717, 1.165) is 17.0 Å². The van der Waals surface area contributed by atoms with Crippen molar-refractivity contribution in [1.29, 1.82) is 0 Å². The van der Waals surface area contributed by atoms with Crippen molar-refractivity contribution >= 4 is 32.6 Å². The van der Waals surface area contributed by atoms with Gasteiger partial charge in [0, 0.05) is 25.2 Å². The molecule has 1 saturated heterocycles. The Morgan fingerprint density at radius 1 is 1.00 bits per heavy atom. The number of amides is 2. The number of benzene rings is 3. The lowest BCUT2D eigenvalue weighted by atomic mass is 10.1. The van der Waals surface area contributed by atoms with Crippen molar-refractivity contribution < 1.29 is 18.0 Å². The number of hydrogen-bond donors (Lipinski definition) is 2. The Morgan fingerprint density at radius 3 is 2.39 bits per heavy atom. The predicted molar refractivity (Wildman–Crippen MR) is 127 cm³/mol. The first-order valence-electron chi connectivity index (χ1n) is 10.7. The number of nitrogens with zero attached hydrogens (tertiary/aromatic N) is 1. The summed E-state index contributed by atoms with van der Waals surface area (Å²) in [6, 6.07) is 20.0. The quantitative estimate of drug-likeness (QED) is 0.502. The number of carbonyl (C=O) groups is 2. The average molecular weight is 464 g/mol. The molecule has 1 aliphatic rings. The van der Waals surface area contributed by atoms with E-state index in [0.29, 0.717) is 18.5 Å². The maximum atomic E-state index is 12.7. The lowest BCUT2D eigenvalue weighted by molar-refractivity contribution is -0.117. The third kappa shape index (κ3) is 5.13. The molecule has 7 nitrogen and oxygen atoms in total. The molecule has 2 amide bonds. The van der Waals surface area contributed by atoms with Crippen LogP contribution in [0.5, 0.6) is 0 Å². The minimum Gasteiger partial charge on any atom is -0.352 e. The molecule has 1 fully saturated rings. The molecular formula is C25H25N3O4S. The fourth-order valence-electron chi connectivity index (χ4n) is 3.73. The Bertz CT molecular complexity index is 1300. The molecule has 0 unspecified atom stereocenters. The van der Waals surface area contributed by atoms with Crippen molar-refractivity contribution in [2.24, 2.45) is 0 Å². The largest absolute Gasteiger partial charge is 0.352 e. The summed E-state index contributed by atoms with van der Waals surface area (Å²) < 4.78 is 26.7. The van der Waals surface area contributed by atoms with Gasteiger partial charge in [-0.25, -0.2) is 8.42 Å². The first-order chi connectivity index (χ1) is 15.9. The van der Waals surface area contributed by atoms with Crippen LogP contribution < -0.4 is 10.6 Å². The van der Waals surface area contributed by atoms with Gasteiger partial charge in [0.1, 0.15) is 0 Å². The maximum absolute atomic E-state index is 12.7. The molecule has 0 radical (unpaired) electrons. The number of hydrogen-bond acceptors (Lipinski definition) is 4. The molecular weight excluding hydrogens is 438 g/mol. The Morgan fingerprint density at radius 2 is 1.70 bits per heavy atom. The number of sulfonamides is 1. The fraction of sp³-hybridized carbons (Fsp3) is 0.200. The van der Waals surface area contributed by atoms with Gasteiger partial charge in [-0.15, -0.1) is 0 Å². The van der Waals surface area contributed by atoms with E-state index in [1.807, 2.05) is 12.1 Å². The van der Waals surface area contributed by atoms with Crippen LogP contribution in [-0.4, -0.2) is 50.2 Å². The number of rotatable bonds is 8. The minimum atomic E-state index is -3.67. The number of nitrogens with one attached hydrogen (secondary N) is 2. The molecule has 0 atom stereocenters. The predicted octanol–water partition coefficient (Wildman–Crippen LogP) is 2.49. The van der Waals surface area contributed by atoms with Gasteiger partial charge in [0.25, 0.3) is 5.91 Å². The van der Waals surface area contributed by atoms with Gasteiger partial charge in [-0.3, -0.25) is 9.59 Å². The summed E-state index contributed by atoms with van der Waals surface area (Å²) in [4.78, 5) is 23.9. The zero-order valence-corrected chi connectivity index (χ0v) is 18.8. The third-order valence-electron chi connectivity index (χ3n) is 5.65. The Balaban J connectivity index is 1.30. The summed E-state index contributed by atoms with van der Waals surface area (Å²) in [5.74, 6) is -0.580. The second-order valence-electron chi connectivity index (χ2n) is 7.94. The number of carbonyl (C=O) groups excluding carboxylic acids is 2. The molecule has 4 rings (SSSR count). The summed E-state index contributed by atoms with van der Waals surface area (Å²) in [6.07, 6.45) is 1.85. The average Bonchev–Trinajstić information content (AvgIpc) is 2.80. The molecule has 2 N–H and O–H groups in total. The van der Waals surface area contributed by atoms with Crippen LogP contribution in [0.3, 0.4) is 0 Å². The van der Waals surface area contributed by atoms with Crippen LogP contribution in [0.2, 0.25) is 0 Å². The van der Waals surface area contributed by atoms with Crippen LogP contribution in [-0.2, 0) is 21.2 Å². The lowest BCUT2D eigenvalue weighted by Gasteiger charge is -2.38. The van der Waals surface area contributed by atoms with Crippen molar-refractivity contribution in [3.05, 3.63) is 90.5 Å². The molecule has 0 bridgehead atoms. The van der Waals surface area contributed by atoms with Crippen LogP contribution in [0.25, 0.3) is 10.8 Å². The second-order valence-corrected chi connectivity index (χ2v) is 9.88. The molecule has 0 aromatic heterocycles. The van der Waals surface area contributed by atoms with Gasteiger partial charge in [0.05, 0.1) is 10.9 Å².